The van der Waals surface area contributed by atoms with E-state index in [0.29, 0.717) is 6.54 Å². The summed E-state index contributed by atoms with van der Waals surface area (Å²) in [6.45, 7) is 4.59. The van der Waals surface area contributed by atoms with Crippen molar-refractivity contribution >= 4 is 11.6 Å². The minimum Gasteiger partial charge on any atom is -0.457 e. The summed E-state index contributed by atoms with van der Waals surface area (Å²) >= 11 is 0. The van der Waals surface area contributed by atoms with Gasteiger partial charge in [0, 0.05) is 37.9 Å². The van der Waals surface area contributed by atoms with Gasteiger partial charge in [0.15, 0.2) is 0 Å². The summed E-state index contributed by atoms with van der Waals surface area (Å²) in [5.74, 6) is 1.61. The third-order valence-electron chi connectivity index (χ3n) is 5.98. The fourth-order valence-electron chi connectivity index (χ4n) is 4.37. The summed E-state index contributed by atoms with van der Waals surface area (Å²) in [4.78, 5) is 17.3. The number of para-hydroxylation sites is 1. The van der Waals surface area contributed by atoms with Crippen molar-refractivity contribution in [1.82, 2.24) is 9.80 Å². The Hall–Kier alpha value is -2.37. The summed E-state index contributed by atoms with van der Waals surface area (Å²) in [5.41, 5.74) is 0.802. The number of rotatable bonds is 6. The van der Waals surface area contributed by atoms with Crippen molar-refractivity contribution in [2.45, 2.75) is 38.1 Å². The molecule has 1 aliphatic carbocycles. The highest BCUT2D eigenvalue weighted by Gasteiger charge is 2.25. The molecule has 2 aromatic rings. The summed E-state index contributed by atoms with van der Waals surface area (Å²) in [5, 5.41) is 3.01. The molecule has 1 saturated carbocycles. The van der Waals surface area contributed by atoms with E-state index in [-0.39, 0.29) is 5.91 Å². The third kappa shape index (κ3) is 5.81. The van der Waals surface area contributed by atoms with Crippen molar-refractivity contribution in [3.63, 3.8) is 0 Å². The average molecular weight is 394 g/mol. The lowest BCUT2D eigenvalue weighted by atomic mass is 9.94. The summed E-state index contributed by atoms with van der Waals surface area (Å²) in [7, 11) is 0. The fraction of sp³-hybridized carbons (Fsp3) is 0.458. The zero-order valence-electron chi connectivity index (χ0n) is 17.1. The van der Waals surface area contributed by atoms with Crippen LogP contribution in [-0.4, -0.2) is 54.5 Å². The average Bonchev–Trinajstić information content (AvgIpc) is 2.77. The van der Waals surface area contributed by atoms with Crippen molar-refractivity contribution in [1.29, 1.82) is 0 Å². The van der Waals surface area contributed by atoms with Crippen molar-refractivity contribution in [2.75, 3.05) is 38.0 Å². The van der Waals surface area contributed by atoms with Crippen LogP contribution in [-0.2, 0) is 4.79 Å². The molecule has 154 valence electrons. The predicted octanol–water partition coefficient (Wildman–Crippen LogP) is 4.37. The number of nitrogens with zero attached hydrogens (tertiary/aromatic N) is 2. The molecule has 2 aliphatic rings. The molecule has 0 aromatic heterocycles. The van der Waals surface area contributed by atoms with Gasteiger partial charge < -0.3 is 10.1 Å². The largest absolute Gasteiger partial charge is 0.457 e. The maximum Gasteiger partial charge on any atom is 0.238 e. The lowest BCUT2D eigenvalue weighted by Gasteiger charge is -2.40. The Morgan fingerprint density at radius 3 is 2.21 bits per heavy atom. The molecule has 0 unspecified atom stereocenters. The van der Waals surface area contributed by atoms with E-state index in [1.165, 1.54) is 32.1 Å². The predicted molar refractivity (Wildman–Crippen MR) is 116 cm³/mol. The molecule has 5 nitrogen and oxygen atoms in total. The van der Waals surface area contributed by atoms with Gasteiger partial charge in [-0.15, -0.1) is 0 Å². The van der Waals surface area contributed by atoms with Crippen LogP contribution in [0.2, 0.25) is 0 Å². The summed E-state index contributed by atoms with van der Waals surface area (Å²) < 4.78 is 5.79. The van der Waals surface area contributed by atoms with Crippen LogP contribution in [0.4, 0.5) is 5.69 Å². The van der Waals surface area contributed by atoms with E-state index in [0.717, 1.165) is 49.4 Å². The van der Waals surface area contributed by atoms with E-state index in [1.807, 2.05) is 54.6 Å². The van der Waals surface area contributed by atoms with E-state index in [2.05, 4.69) is 15.1 Å². The van der Waals surface area contributed by atoms with Crippen molar-refractivity contribution in [3.05, 3.63) is 54.6 Å². The monoisotopic (exact) mass is 393 g/mol. The smallest absolute Gasteiger partial charge is 0.238 e. The van der Waals surface area contributed by atoms with Crippen LogP contribution in [0.1, 0.15) is 32.1 Å². The van der Waals surface area contributed by atoms with Gasteiger partial charge in [-0.05, 0) is 49.2 Å². The Labute approximate surface area is 173 Å². The molecule has 29 heavy (non-hydrogen) atoms. The highest BCUT2D eigenvalue weighted by Crippen LogP contribution is 2.24. The van der Waals surface area contributed by atoms with Crippen molar-refractivity contribution in [3.8, 4) is 11.5 Å². The van der Waals surface area contributed by atoms with Crippen LogP contribution < -0.4 is 10.1 Å². The molecule has 0 bridgehead atoms. The number of hydrogen-bond donors (Lipinski definition) is 1. The topological polar surface area (TPSA) is 44.8 Å². The minimum absolute atomic E-state index is 0.0489. The van der Waals surface area contributed by atoms with E-state index in [1.54, 1.807) is 0 Å². The molecular weight excluding hydrogens is 362 g/mol. The fourth-order valence-corrected chi connectivity index (χ4v) is 4.37. The maximum absolute atomic E-state index is 12.4. The Balaban J connectivity index is 1.21. The number of amides is 1. The van der Waals surface area contributed by atoms with Crippen LogP contribution in [0.5, 0.6) is 11.5 Å². The van der Waals surface area contributed by atoms with Gasteiger partial charge in [0.25, 0.3) is 0 Å². The third-order valence-corrected chi connectivity index (χ3v) is 5.98. The Morgan fingerprint density at radius 1 is 0.862 bits per heavy atom. The molecule has 4 rings (SSSR count). The Morgan fingerprint density at radius 2 is 1.52 bits per heavy atom. The number of nitrogens with one attached hydrogen (secondary N) is 1. The second-order valence-electron chi connectivity index (χ2n) is 8.09. The number of carbonyl (C=O) groups is 1. The normalized spacial score (nSPS) is 19.0. The van der Waals surface area contributed by atoms with E-state index >= 15 is 0 Å². The number of anilines is 1. The van der Waals surface area contributed by atoms with Gasteiger partial charge in [-0.1, -0.05) is 37.5 Å². The zero-order valence-corrected chi connectivity index (χ0v) is 17.1. The highest BCUT2D eigenvalue weighted by atomic mass is 16.5. The van der Waals surface area contributed by atoms with E-state index < -0.39 is 0 Å². The second-order valence-corrected chi connectivity index (χ2v) is 8.09. The first-order valence-corrected chi connectivity index (χ1v) is 10.9. The molecule has 0 atom stereocenters. The van der Waals surface area contributed by atoms with Crippen molar-refractivity contribution < 1.29 is 9.53 Å². The highest BCUT2D eigenvalue weighted by molar-refractivity contribution is 5.92. The lowest BCUT2D eigenvalue weighted by Crippen LogP contribution is -2.52. The second kappa shape index (κ2) is 9.90. The molecule has 1 aliphatic heterocycles. The van der Waals surface area contributed by atoms with Gasteiger partial charge in [-0.2, -0.15) is 0 Å². The Bertz CT molecular complexity index is 764. The molecule has 2 fully saturated rings. The first-order valence-electron chi connectivity index (χ1n) is 10.9. The zero-order chi connectivity index (χ0) is 19.9. The number of benzene rings is 2. The summed E-state index contributed by atoms with van der Waals surface area (Å²) in [6.07, 6.45) is 6.86. The van der Waals surface area contributed by atoms with Gasteiger partial charge in [-0.3, -0.25) is 14.6 Å². The number of piperazine rings is 1. The van der Waals surface area contributed by atoms with Gasteiger partial charge in [0.2, 0.25) is 5.91 Å². The van der Waals surface area contributed by atoms with Gasteiger partial charge in [-0.25, -0.2) is 0 Å². The minimum atomic E-state index is 0.0489. The Kier molecular flexibility index (Phi) is 6.80. The van der Waals surface area contributed by atoms with E-state index in [4.69, 9.17) is 4.74 Å². The lowest BCUT2D eigenvalue weighted by molar-refractivity contribution is -0.117. The number of hydrogen-bond acceptors (Lipinski definition) is 4. The molecular formula is C24H31N3O2. The van der Waals surface area contributed by atoms with Crippen LogP contribution in [0.25, 0.3) is 0 Å². The van der Waals surface area contributed by atoms with Gasteiger partial charge in [0.1, 0.15) is 11.5 Å². The first-order chi connectivity index (χ1) is 14.3. The molecule has 5 heteroatoms. The molecule has 2 aromatic carbocycles. The summed E-state index contributed by atoms with van der Waals surface area (Å²) in [6, 6.07) is 18.0. The molecule has 1 N–H and O–H groups in total. The van der Waals surface area contributed by atoms with Crippen LogP contribution >= 0.6 is 0 Å². The number of carbonyl (C=O) groups excluding carboxylic acids is 1. The first kappa shape index (κ1) is 19.9. The molecule has 1 heterocycles. The van der Waals surface area contributed by atoms with Gasteiger partial charge >= 0.3 is 0 Å². The SMILES string of the molecule is O=C(CN1CCN(C2CCCCC2)CC1)Nc1ccc(Oc2ccccc2)cc1. The molecule has 1 amide bonds. The maximum atomic E-state index is 12.4. The van der Waals surface area contributed by atoms with Crippen LogP contribution in [0.15, 0.2) is 54.6 Å². The van der Waals surface area contributed by atoms with Gasteiger partial charge in [0.05, 0.1) is 6.54 Å². The quantitative estimate of drug-likeness (QED) is 0.792. The van der Waals surface area contributed by atoms with E-state index in [9.17, 15) is 4.79 Å². The van der Waals surface area contributed by atoms with Crippen LogP contribution in [0, 0.1) is 0 Å². The molecule has 0 spiro atoms. The van der Waals surface area contributed by atoms with Crippen LogP contribution in [0.3, 0.4) is 0 Å². The standard InChI is InChI=1S/C24H31N3O2/c28-24(19-26-15-17-27(18-16-26)21-7-3-1-4-8-21)25-20-11-13-23(14-12-20)29-22-9-5-2-6-10-22/h2,5-6,9-14,21H,1,3-4,7-8,15-19H2,(H,25,28). The molecule has 1 saturated heterocycles. The number of ether oxygens (including phenoxy) is 1. The molecule has 0 radical (unpaired) electrons. The van der Waals surface area contributed by atoms with Crippen molar-refractivity contribution in [2.24, 2.45) is 0 Å².